The second-order valence-corrected chi connectivity index (χ2v) is 11.3. The number of ether oxygens (including phenoxy) is 1. The zero-order chi connectivity index (χ0) is 37.2. The molecule has 262 valence electrons. The molecule has 0 aliphatic carbocycles. The topological polar surface area (TPSA) is 9.23 Å². The fourth-order valence-electron chi connectivity index (χ4n) is 4.94. The van der Waals surface area contributed by atoms with Crippen LogP contribution in [0.2, 0.25) is 0 Å². The van der Waals surface area contributed by atoms with Gasteiger partial charge in [0, 0.05) is 17.7 Å². The Bertz CT molecular complexity index is 2140. The Morgan fingerprint density at radius 2 is 0.765 bits per heavy atom. The van der Waals surface area contributed by atoms with E-state index in [1.54, 1.807) is 37.3 Å². The van der Waals surface area contributed by atoms with Gasteiger partial charge in [-0.1, -0.05) is 71.8 Å². The van der Waals surface area contributed by atoms with Crippen molar-refractivity contribution in [2.45, 2.75) is 20.0 Å². The van der Waals surface area contributed by atoms with Gasteiger partial charge in [0.05, 0.1) is 0 Å². The van der Waals surface area contributed by atoms with Crippen LogP contribution in [-0.4, -0.2) is 0 Å². The summed E-state index contributed by atoms with van der Waals surface area (Å²) in [5.74, 6) is -14.7. The molecule has 0 heterocycles. The van der Waals surface area contributed by atoms with E-state index in [-0.39, 0.29) is 28.8 Å². The third kappa shape index (κ3) is 8.22. The lowest BCUT2D eigenvalue weighted by Crippen LogP contribution is -2.25. The van der Waals surface area contributed by atoms with Crippen LogP contribution in [0.4, 0.5) is 48.3 Å². The van der Waals surface area contributed by atoms with E-state index in [1.165, 1.54) is 12.1 Å². The van der Waals surface area contributed by atoms with Crippen molar-refractivity contribution in [1.82, 2.24) is 0 Å². The van der Waals surface area contributed by atoms with Crippen molar-refractivity contribution in [3.8, 4) is 39.1 Å². The van der Waals surface area contributed by atoms with Crippen LogP contribution in [0.5, 0.6) is 5.75 Å². The Balaban J connectivity index is 0.000000201. The first kappa shape index (κ1) is 36.6. The number of aryl methyl sites for hydroxylation is 2. The Morgan fingerprint density at radius 3 is 1.22 bits per heavy atom. The van der Waals surface area contributed by atoms with Gasteiger partial charge < -0.3 is 4.74 Å². The van der Waals surface area contributed by atoms with Crippen LogP contribution in [0.15, 0.2) is 103 Å². The van der Waals surface area contributed by atoms with Gasteiger partial charge in [0.2, 0.25) is 0 Å². The molecule has 0 saturated heterocycles. The first-order chi connectivity index (χ1) is 24.0. The highest BCUT2D eigenvalue weighted by Gasteiger charge is 2.41. The summed E-state index contributed by atoms with van der Waals surface area (Å²) >= 11 is 0. The first-order valence-corrected chi connectivity index (χ1v) is 14.8. The zero-order valence-electron chi connectivity index (χ0n) is 26.4. The second kappa shape index (κ2) is 14.7. The molecular weight excluding hydrogens is 693 g/mol. The summed E-state index contributed by atoms with van der Waals surface area (Å²) in [6.07, 6.45) is -4.61. The summed E-state index contributed by atoms with van der Waals surface area (Å²) in [4.78, 5) is 0. The van der Waals surface area contributed by atoms with Crippen LogP contribution in [0.25, 0.3) is 33.4 Å². The average Bonchev–Trinajstić information content (AvgIpc) is 3.06. The standard InChI is InChI=1S/C20H11F7O.C19H12F4/c1-10-2-4-11(5-3-10)12-6-14(21)18(15(22)7-12)20(26,27)28-13-8-16(23)19(25)17(24)9-13;1-11-2-4-12(5-3-11)13-6-7-15(16(20)8-13)14-9-17(21)19(23)18(22)10-14/h2-9H,1H3;2-10H,1H3. The molecule has 0 aliphatic rings. The molecule has 12 heteroatoms. The molecule has 6 aromatic rings. The summed E-state index contributed by atoms with van der Waals surface area (Å²) in [5, 5.41) is 0. The molecule has 0 spiro atoms. The maximum absolute atomic E-state index is 14.3. The monoisotopic (exact) mass is 716 g/mol. The highest BCUT2D eigenvalue weighted by atomic mass is 19.3. The van der Waals surface area contributed by atoms with Gasteiger partial charge in [-0.3, -0.25) is 0 Å². The molecule has 0 N–H and O–H groups in total. The van der Waals surface area contributed by atoms with Crippen LogP contribution in [0.1, 0.15) is 16.7 Å². The SMILES string of the molecule is Cc1ccc(-c2cc(F)c(C(F)(F)Oc3cc(F)c(F)c(F)c3)c(F)c2)cc1.Cc1ccc(-c2ccc(-c3cc(F)c(F)c(F)c3)c(F)c2)cc1. The Labute approximate surface area is 284 Å². The van der Waals surface area contributed by atoms with Gasteiger partial charge in [0.25, 0.3) is 0 Å². The van der Waals surface area contributed by atoms with Gasteiger partial charge in [-0.2, -0.15) is 8.78 Å². The van der Waals surface area contributed by atoms with Crippen LogP contribution in [0, 0.1) is 66.2 Å². The fourth-order valence-corrected chi connectivity index (χ4v) is 4.94. The van der Waals surface area contributed by atoms with Crippen molar-refractivity contribution in [2.24, 2.45) is 0 Å². The number of rotatable bonds is 6. The van der Waals surface area contributed by atoms with E-state index < -0.39 is 69.8 Å². The summed E-state index contributed by atoms with van der Waals surface area (Å²) in [6, 6.07) is 21.6. The number of benzene rings is 6. The van der Waals surface area contributed by atoms with Gasteiger partial charge in [-0.05, 0) is 72.0 Å². The zero-order valence-corrected chi connectivity index (χ0v) is 26.4. The molecule has 0 saturated carbocycles. The van der Waals surface area contributed by atoms with Crippen molar-refractivity contribution in [1.29, 1.82) is 0 Å². The van der Waals surface area contributed by atoms with E-state index in [9.17, 15) is 48.3 Å². The number of alkyl halides is 2. The van der Waals surface area contributed by atoms with Gasteiger partial charge in [0.15, 0.2) is 34.9 Å². The molecule has 0 atom stereocenters. The maximum atomic E-state index is 14.3. The minimum absolute atomic E-state index is 0.00780. The number of hydrogen-bond donors (Lipinski definition) is 0. The molecule has 0 amide bonds. The summed E-state index contributed by atoms with van der Waals surface area (Å²) < 4.78 is 154. The lowest BCUT2D eigenvalue weighted by molar-refractivity contribution is -0.189. The Morgan fingerprint density at radius 1 is 0.392 bits per heavy atom. The highest BCUT2D eigenvalue weighted by molar-refractivity contribution is 5.71. The van der Waals surface area contributed by atoms with E-state index in [2.05, 4.69) is 4.74 Å². The van der Waals surface area contributed by atoms with E-state index in [0.717, 1.165) is 28.8 Å². The molecule has 0 aromatic heterocycles. The number of hydrogen-bond acceptors (Lipinski definition) is 1. The molecule has 0 radical (unpaired) electrons. The molecule has 0 bridgehead atoms. The van der Waals surface area contributed by atoms with Crippen LogP contribution in [-0.2, 0) is 6.11 Å². The molecule has 51 heavy (non-hydrogen) atoms. The lowest BCUT2D eigenvalue weighted by Gasteiger charge is -2.20. The van der Waals surface area contributed by atoms with Crippen LogP contribution < -0.4 is 4.74 Å². The smallest absolute Gasteiger partial charge is 0.429 e. The van der Waals surface area contributed by atoms with E-state index in [1.807, 2.05) is 31.2 Å². The van der Waals surface area contributed by atoms with E-state index >= 15 is 0 Å². The predicted molar refractivity (Wildman–Crippen MR) is 169 cm³/mol. The quantitative estimate of drug-likeness (QED) is 0.123. The summed E-state index contributed by atoms with van der Waals surface area (Å²) in [7, 11) is 0. The fraction of sp³-hybridized carbons (Fsp3) is 0.0769. The average molecular weight is 717 g/mol. The highest BCUT2D eigenvalue weighted by Crippen LogP contribution is 2.38. The van der Waals surface area contributed by atoms with Crippen LogP contribution in [0.3, 0.4) is 0 Å². The van der Waals surface area contributed by atoms with Crippen molar-refractivity contribution in [3.05, 3.63) is 172 Å². The number of halogens is 11. The van der Waals surface area contributed by atoms with Gasteiger partial charge in [-0.15, -0.1) is 0 Å². The van der Waals surface area contributed by atoms with Gasteiger partial charge in [0.1, 0.15) is 28.8 Å². The van der Waals surface area contributed by atoms with Crippen molar-refractivity contribution in [2.75, 3.05) is 0 Å². The minimum Gasteiger partial charge on any atom is -0.429 e. The second-order valence-electron chi connectivity index (χ2n) is 11.3. The molecule has 0 fully saturated rings. The minimum atomic E-state index is -4.61. The van der Waals surface area contributed by atoms with Crippen molar-refractivity contribution < 1.29 is 53.0 Å². The molecule has 1 nitrogen and oxygen atoms in total. The van der Waals surface area contributed by atoms with Gasteiger partial charge >= 0.3 is 6.11 Å². The largest absolute Gasteiger partial charge is 0.432 e. The Hall–Kier alpha value is -5.65. The third-order valence-corrected chi connectivity index (χ3v) is 7.57. The Kier molecular flexibility index (Phi) is 10.5. The molecule has 6 rings (SSSR count). The molecule has 0 unspecified atom stereocenters. The molecular formula is C39H23F11O. The van der Waals surface area contributed by atoms with E-state index in [4.69, 9.17) is 0 Å². The summed E-state index contributed by atoms with van der Waals surface area (Å²) in [5.41, 5.74) is 2.08. The lowest BCUT2D eigenvalue weighted by atomic mass is 9.99. The third-order valence-electron chi connectivity index (χ3n) is 7.57. The maximum Gasteiger partial charge on any atom is 0.432 e. The van der Waals surface area contributed by atoms with Crippen molar-refractivity contribution in [3.63, 3.8) is 0 Å². The normalized spacial score (nSPS) is 11.2. The first-order valence-electron chi connectivity index (χ1n) is 14.8. The van der Waals surface area contributed by atoms with Crippen molar-refractivity contribution >= 4 is 0 Å². The van der Waals surface area contributed by atoms with Crippen LogP contribution >= 0.6 is 0 Å². The predicted octanol–water partition coefficient (Wildman–Crippen LogP) is 12.4. The molecule has 0 aliphatic heterocycles. The van der Waals surface area contributed by atoms with E-state index in [0.29, 0.717) is 23.3 Å². The molecule has 6 aromatic carbocycles. The van der Waals surface area contributed by atoms with Gasteiger partial charge in [-0.25, -0.2) is 39.5 Å². The summed E-state index contributed by atoms with van der Waals surface area (Å²) in [6.45, 7) is 3.75.